The zero-order valence-corrected chi connectivity index (χ0v) is 13.3. The van der Waals surface area contributed by atoms with Gasteiger partial charge in [-0.05, 0) is 24.6 Å². The van der Waals surface area contributed by atoms with Crippen LogP contribution in [0.3, 0.4) is 0 Å². The summed E-state index contributed by atoms with van der Waals surface area (Å²) >= 11 is 11.6. The smallest absolute Gasteiger partial charge is 0.0494 e. The molecule has 2 rings (SSSR count). The Morgan fingerprint density at radius 1 is 1.47 bits per heavy atom. The lowest BCUT2D eigenvalue weighted by Gasteiger charge is -2.40. The van der Waals surface area contributed by atoms with Crippen molar-refractivity contribution in [3.05, 3.63) is 28.2 Å². The number of nitrogens with zero attached hydrogens (tertiary/aromatic N) is 1. The van der Waals surface area contributed by atoms with Crippen LogP contribution in [0.5, 0.6) is 0 Å². The molecule has 4 heteroatoms. The van der Waals surface area contributed by atoms with Crippen molar-refractivity contribution in [2.45, 2.75) is 31.0 Å². The lowest BCUT2D eigenvalue weighted by molar-refractivity contribution is 0.625. The Hall–Kier alpha value is 0.140. The molecule has 0 spiro atoms. The molecule has 0 bridgehead atoms. The van der Waals surface area contributed by atoms with Crippen LogP contribution < -0.4 is 4.90 Å². The molecule has 1 aliphatic rings. The molecule has 0 N–H and O–H groups in total. The zero-order chi connectivity index (χ0) is 12.4. The van der Waals surface area contributed by atoms with Crippen LogP contribution in [0, 0.1) is 0 Å². The summed E-state index contributed by atoms with van der Waals surface area (Å²) in [5, 5.41) is 0.672. The van der Waals surface area contributed by atoms with E-state index in [1.54, 1.807) is 0 Å². The number of benzene rings is 1. The molecule has 1 nitrogen and oxygen atoms in total. The first-order valence-electron chi connectivity index (χ1n) is 5.86. The molecule has 0 aromatic heterocycles. The fraction of sp³-hybridized carbons (Fsp3) is 0.538. The van der Waals surface area contributed by atoms with Gasteiger partial charge in [-0.2, -0.15) is 11.8 Å². The molecular formula is C13H17BrClNS. The molecule has 1 saturated heterocycles. The van der Waals surface area contributed by atoms with Gasteiger partial charge >= 0.3 is 0 Å². The molecule has 0 aliphatic carbocycles. The minimum Gasteiger partial charge on any atom is -0.367 e. The van der Waals surface area contributed by atoms with E-state index in [0.29, 0.717) is 17.2 Å². The Bertz CT molecular complexity index is 399. The van der Waals surface area contributed by atoms with Crippen molar-refractivity contribution in [2.24, 2.45) is 0 Å². The van der Waals surface area contributed by atoms with Crippen molar-refractivity contribution < 1.29 is 0 Å². The van der Waals surface area contributed by atoms with Crippen molar-refractivity contribution in [3.63, 3.8) is 0 Å². The van der Waals surface area contributed by atoms with Gasteiger partial charge in [0.25, 0.3) is 0 Å². The van der Waals surface area contributed by atoms with Crippen LogP contribution in [-0.2, 0) is 5.88 Å². The zero-order valence-electron chi connectivity index (χ0n) is 10.1. The average molecular weight is 335 g/mol. The maximum absolute atomic E-state index is 6.04. The van der Waals surface area contributed by atoms with Crippen molar-refractivity contribution >= 4 is 45.0 Å². The van der Waals surface area contributed by atoms with Crippen LogP contribution in [-0.4, -0.2) is 23.6 Å². The first-order chi connectivity index (χ1) is 8.13. The second kappa shape index (κ2) is 5.85. The molecule has 1 aromatic rings. The summed E-state index contributed by atoms with van der Waals surface area (Å²) in [7, 11) is 0. The normalized spacial score (nSPS) is 25.1. The Morgan fingerprint density at radius 2 is 2.24 bits per heavy atom. The number of hydrogen-bond acceptors (Lipinski definition) is 2. The van der Waals surface area contributed by atoms with E-state index in [0.717, 1.165) is 11.0 Å². The van der Waals surface area contributed by atoms with E-state index in [2.05, 4.69) is 64.6 Å². The Labute approximate surface area is 121 Å². The fourth-order valence-electron chi connectivity index (χ4n) is 2.19. The van der Waals surface area contributed by atoms with E-state index < -0.39 is 0 Å². The Morgan fingerprint density at radius 3 is 2.94 bits per heavy atom. The largest absolute Gasteiger partial charge is 0.367 e. The van der Waals surface area contributed by atoms with Gasteiger partial charge in [-0.1, -0.05) is 28.9 Å². The highest BCUT2D eigenvalue weighted by Gasteiger charge is 2.26. The molecule has 1 heterocycles. The van der Waals surface area contributed by atoms with Crippen LogP contribution >= 0.6 is 39.3 Å². The second-order valence-corrected chi connectivity index (χ2v) is 7.08. The van der Waals surface area contributed by atoms with Crippen LogP contribution in [0.2, 0.25) is 0 Å². The van der Waals surface area contributed by atoms with Gasteiger partial charge in [0.05, 0.1) is 0 Å². The summed E-state index contributed by atoms with van der Waals surface area (Å²) < 4.78 is 1.12. The number of hydrogen-bond donors (Lipinski definition) is 0. The summed E-state index contributed by atoms with van der Waals surface area (Å²) in [6.45, 7) is 5.71. The van der Waals surface area contributed by atoms with Gasteiger partial charge < -0.3 is 4.90 Å². The van der Waals surface area contributed by atoms with Gasteiger partial charge in [-0.25, -0.2) is 0 Å². The van der Waals surface area contributed by atoms with E-state index in [1.807, 2.05) is 0 Å². The highest BCUT2D eigenvalue weighted by atomic mass is 79.9. The highest BCUT2D eigenvalue weighted by molar-refractivity contribution is 9.10. The predicted molar refractivity (Wildman–Crippen MR) is 82.4 cm³/mol. The molecule has 17 heavy (non-hydrogen) atoms. The van der Waals surface area contributed by atoms with Crippen molar-refractivity contribution in [1.82, 2.24) is 0 Å². The lowest BCUT2D eigenvalue weighted by Crippen LogP contribution is -2.45. The fourth-order valence-corrected chi connectivity index (χ4v) is 3.86. The summed E-state index contributed by atoms with van der Waals surface area (Å²) in [4.78, 5) is 2.49. The molecule has 2 unspecified atom stereocenters. The molecule has 0 radical (unpaired) electrons. The van der Waals surface area contributed by atoms with Gasteiger partial charge in [-0.3, -0.25) is 0 Å². The van der Waals surface area contributed by atoms with Crippen molar-refractivity contribution in [2.75, 3.05) is 17.2 Å². The minimum absolute atomic E-state index is 0.560. The van der Waals surface area contributed by atoms with E-state index in [-0.39, 0.29) is 0 Å². The standard InChI is InChI=1S/C13H17BrClNS/c1-9-10(2)17-6-5-16(9)13-7-12(14)4-3-11(13)8-15/h3-4,7,9-10H,5-6,8H2,1-2H3. The van der Waals surface area contributed by atoms with Gasteiger partial charge in [0.15, 0.2) is 0 Å². The van der Waals surface area contributed by atoms with E-state index >= 15 is 0 Å². The Kier molecular flexibility index (Phi) is 4.67. The third kappa shape index (κ3) is 2.94. The SMILES string of the molecule is CC1SCCN(c2cc(Br)ccc2CCl)C1C. The number of alkyl halides is 1. The van der Waals surface area contributed by atoms with Crippen molar-refractivity contribution in [3.8, 4) is 0 Å². The first kappa shape index (κ1) is 13.6. The summed E-state index contributed by atoms with van der Waals surface area (Å²) in [6.07, 6.45) is 0. The first-order valence-corrected chi connectivity index (χ1v) is 8.23. The topological polar surface area (TPSA) is 3.24 Å². The lowest BCUT2D eigenvalue weighted by atomic mass is 10.1. The molecule has 2 atom stereocenters. The second-order valence-electron chi connectivity index (χ2n) is 4.42. The third-order valence-corrected chi connectivity index (χ3v) is 5.50. The van der Waals surface area contributed by atoms with E-state index in [4.69, 9.17) is 11.6 Å². The monoisotopic (exact) mass is 333 g/mol. The number of halogens is 2. The quantitative estimate of drug-likeness (QED) is 0.732. The van der Waals surface area contributed by atoms with E-state index in [9.17, 15) is 0 Å². The maximum Gasteiger partial charge on any atom is 0.0494 e. The van der Waals surface area contributed by atoms with Gasteiger partial charge in [0.2, 0.25) is 0 Å². The predicted octanol–water partition coefficient (Wildman–Crippen LogP) is 4.52. The number of anilines is 1. The summed E-state index contributed by atoms with van der Waals surface area (Å²) in [6, 6.07) is 6.93. The molecule has 1 fully saturated rings. The minimum atomic E-state index is 0.560. The van der Waals surface area contributed by atoms with Crippen LogP contribution in [0.4, 0.5) is 5.69 Å². The van der Waals surface area contributed by atoms with Gasteiger partial charge in [-0.15, -0.1) is 11.6 Å². The molecular weight excluding hydrogens is 318 g/mol. The average Bonchev–Trinajstić information content (AvgIpc) is 2.33. The van der Waals surface area contributed by atoms with Crippen LogP contribution in [0.25, 0.3) is 0 Å². The number of rotatable bonds is 2. The van der Waals surface area contributed by atoms with E-state index in [1.165, 1.54) is 17.0 Å². The Balaban J connectivity index is 2.34. The van der Waals surface area contributed by atoms with Gasteiger partial charge in [0.1, 0.15) is 0 Å². The molecule has 94 valence electrons. The maximum atomic E-state index is 6.04. The number of thioether (sulfide) groups is 1. The molecule has 1 aliphatic heterocycles. The summed E-state index contributed by atoms with van der Waals surface area (Å²) in [5.41, 5.74) is 2.51. The van der Waals surface area contributed by atoms with Crippen LogP contribution in [0.15, 0.2) is 22.7 Å². The third-order valence-electron chi connectivity index (χ3n) is 3.38. The van der Waals surface area contributed by atoms with Crippen molar-refractivity contribution in [1.29, 1.82) is 0 Å². The molecule has 0 amide bonds. The van der Waals surface area contributed by atoms with Gasteiger partial charge in [0, 0.05) is 39.6 Å². The van der Waals surface area contributed by atoms with Crippen LogP contribution in [0.1, 0.15) is 19.4 Å². The molecule has 1 aromatic carbocycles. The molecule has 0 saturated carbocycles. The highest BCUT2D eigenvalue weighted by Crippen LogP contribution is 2.33. The summed E-state index contributed by atoms with van der Waals surface area (Å²) in [5.74, 6) is 1.77.